The number of hydrogen-bond donors (Lipinski definition) is 2. The van der Waals surface area contributed by atoms with Crippen molar-refractivity contribution in [3.63, 3.8) is 0 Å². The highest BCUT2D eigenvalue weighted by atomic mass is 35.5. The second-order valence-electron chi connectivity index (χ2n) is 3.92. The third-order valence-electron chi connectivity index (χ3n) is 2.60. The van der Waals surface area contributed by atoms with E-state index >= 15 is 0 Å². The monoisotopic (exact) mass is 282 g/mol. The fourth-order valence-electron chi connectivity index (χ4n) is 1.56. The van der Waals surface area contributed by atoms with Crippen molar-refractivity contribution in [2.24, 2.45) is 0 Å². The number of nitrogen functional groups attached to an aromatic ring is 1. The number of aryl methyl sites for hydroxylation is 2. The van der Waals surface area contributed by atoms with E-state index in [1.54, 1.807) is 11.3 Å². The van der Waals surface area contributed by atoms with Crippen molar-refractivity contribution in [1.82, 2.24) is 9.97 Å². The van der Waals surface area contributed by atoms with Gasteiger partial charge in [-0.2, -0.15) is 4.98 Å². The van der Waals surface area contributed by atoms with Gasteiger partial charge in [0.25, 0.3) is 0 Å². The highest BCUT2D eigenvalue weighted by Crippen LogP contribution is 2.23. The standard InChI is InChI=1S/C12H15ClN4S/c1-3-8-4-5-9(18-8)6-15-11-10(14)7(2)16-12(13)17-11/h4-5H,3,6,14H2,1-2H3,(H,15,16,17). The summed E-state index contributed by atoms with van der Waals surface area (Å²) in [6.07, 6.45) is 1.06. The van der Waals surface area contributed by atoms with Gasteiger partial charge in [-0.05, 0) is 37.1 Å². The van der Waals surface area contributed by atoms with E-state index in [-0.39, 0.29) is 5.28 Å². The van der Waals surface area contributed by atoms with Crippen molar-refractivity contribution in [2.75, 3.05) is 11.1 Å². The second kappa shape index (κ2) is 5.54. The third-order valence-corrected chi connectivity index (χ3v) is 4.00. The van der Waals surface area contributed by atoms with Gasteiger partial charge in [-0.25, -0.2) is 4.98 Å². The number of aromatic nitrogens is 2. The number of halogens is 1. The molecule has 2 aromatic heterocycles. The summed E-state index contributed by atoms with van der Waals surface area (Å²) < 4.78 is 0. The van der Waals surface area contributed by atoms with E-state index in [9.17, 15) is 0 Å². The maximum atomic E-state index is 5.90. The Bertz CT molecular complexity index is 553. The zero-order valence-electron chi connectivity index (χ0n) is 10.3. The van der Waals surface area contributed by atoms with Crippen LogP contribution in [0.25, 0.3) is 0 Å². The van der Waals surface area contributed by atoms with Crippen LogP contribution in [0.2, 0.25) is 5.28 Å². The van der Waals surface area contributed by atoms with E-state index in [4.69, 9.17) is 17.3 Å². The molecule has 0 spiro atoms. The predicted molar refractivity (Wildman–Crippen MR) is 77.2 cm³/mol. The number of nitrogens with two attached hydrogens (primary N) is 1. The van der Waals surface area contributed by atoms with Crippen LogP contribution in [0.15, 0.2) is 12.1 Å². The van der Waals surface area contributed by atoms with Gasteiger partial charge in [0.15, 0.2) is 5.82 Å². The van der Waals surface area contributed by atoms with Crippen LogP contribution in [0.4, 0.5) is 11.5 Å². The normalized spacial score (nSPS) is 10.6. The van der Waals surface area contributed by atoms with Gasteiger partial charge < -0.3 is 11.1 Å². The van der Waals surface area contributed by atoms with E-state index in [1.807, 2.05) is 6.92 Å². The maximum absolute atomic E-state index is 5.90. The first kappa shape index (κ1) is 13.1. The van der Waals surface area contributed by atoms with Crippen molar-refractivity contribution >= 4 is 34.4 Å². The predicted octanol–water partition coefficient (Wildman–Crippen LogP) is 3.26. The summed E-state index contributed by atoms with van der Waals surface area (Å²) in [5.41, 5.74) is 7.14. The van der Waals surface area contributed by atoms with Gasteiger partial charge in [0.1, 0.15) is 0 Å². The lowest BCUT2D eigenvalue weighted by Gasteiger charge is -2.09. The lowest BCUT2D eigenvalue weighted by atomic mass is 10.3. The van der Waals surface area contributed by atoms with Gasteiger partial charge in [-0.3, -0.25) is 0 Å². The smallest absolute Gasteiger partial charge is 0.224 e. The number of nitrogens with one attached hydrogen (secondary N) is 1. The molecule has 0 fully saturated rings. The molecular formula is C12H15ClN4S. The third kappa shape index (κ3) is 2.91. The van der Waals surface area contributed by atoms with E-state index in [1.165, 1.54) is 9.75 Å². The summed E-state index contributed by atoms with van der Waals surface area (Å²) in [5.74, 6) is 0.596. The molecule has 4 nitrogen and oxygen atoms in total. The van der Waals surface area contributed by atoms with Crippen molar-refractivity contribution in [1.29, 1.82) is 0 Å². The zero-order valence-corrected chi connectivity index (χ0v) is 11.9. The SMILES string of the molecule is CCc1ccc(CNc2nc(Cl)nc(C)c2N)s1. The highest BCUT2D eigenvalue weighted by Gasteiger charge is 2.07. The summed E-state index contributed by atoms with van der Waals surface area (Å²) in [4.78, 5) is 10.7. The molecule has 0 amide bonds. The molecule has 6 heteroatoms. The maximum Gasteiger partial charge on any atom is 0.224 e. The molecule has 2 aromatic rings. The minimum Gasteiger partial charge on any atom is -0.394 e. The molecule has 0 unspecified atom stereocenters. The first-order chi connectivity index (χ1) is 8.60. The molecule has 0 aliphatic heterocycles. The van der Waals surface area contributed by atoms with E-state index in [2.05, 4.69) is 34.3 Å². The quantitative estimate of drug-likeness (QED) is 0.845. The molecule has 0 saturated carbocycles. The Kier molecular flexibility index (Phi) is 4.04. The molecule has 96 valence electrons. The van der Waals surface area contributed by atoms with E-state index < -0.39 is 0 Å². The molecule has 0 aliphatic carbocycles. The molecule has 2 rings (SSSR count). The summed E-state index contributed by atoms with van der Waals surface area (Å²) in [6, 6.07) is 4.26. The number of nitrogens with zero attached hydrogens (tertiary/aromatic N) is 2. The average molecular weight is 283 g/mol. The summed E-state index contributed by atoms with van der Waals surface area (Å²) in [5, 5.41) is 3.41. The van der Waals surface area contributed by atoms with Crippen molar-refractivity contribution < 1.29 is 0 Å². The Morgan fingerprint density at radius 1 is 1.33 bits per heavy atom. The highest BCUT2D eigenvalue weighted by molar-refractivity contribution is 7.12. The minimum absolute atomic E-state index is 0.213. The van der Waals surface area contributed by atoms with Crippen molar-refractivity contribution in [3.8, 4) is 0 Å². The zero-order chi connectivity index (χ0) is 13.1. The minimum atomic E-state index is 0.213. The van der Waals surface area contributed by atoms with Crippen molar-refractivity contribution in [3.05, 3.63) is 32.9 Å². The van der Waals surface area contributed by atoms with Crippen LogP contribution in [-0.4, -0.2) is 9.97 Å². The number of hydrogen-bond acceptors (Lipinski definition) is 5. The van der Waals surface area contributed by atoms with Crippen LogP contribution >= 0.6 is 22.9 Å². The lowest BCUT2D eigenvalue weighted by molar-refractivity contribution is 1.07. The van der Waals surface area contributed by atoms with Crippen LogP contribution in [0.5, 0.6) is 0 Å². The Morgan fingerprint density at radius 3 is 2.72 bits per heavy atom. The van der Waals surface area contributed by atoms with Crippen molar-refractivity contribution in [2.45, 2.75) is 26.8 Å². The first-order valence-electron chi connectivity index (χ1n) is 5.71. The molecule has 0 radical (unpaired) electrons. The Morgan fingerprint density at radius 2 is 2.06 bits per heavy atom. The van der Waals surface area contributed by atoms with Gasteiger partial charge >= 0.3 is 0 Å². The van der Waals surface area contributed by atoms with Crippen LogP contribution in [-0.2, 0) is 13.0 Å². The van der Waals surface area contributed by atoms with Gasteiger partial charge in [0, 0.05) is 9.75 Å². The summed E-state index contributed by atoms with van der Waals surface area (Å²) in [6.45, 7) is 4.66. The van der Waals surface area contributed by atoms with Gasteiger partial charge in [0.05, 0.1) is 17.9 Å². The van der Waals surface area contributed by atoms with Gasteiger partial charge in [0.2, 0.25) is 5.28 Å². The second-order valence-corrected chi connectivity index (χ2v) is 5.51. The summed E-state index contributed by atoms with van der Waals surface area (Å²) >= 11 is 7.60. The Hall–Kier alpha value is -1.33. The van der Waals surface area contributed by atoms with E-state index in [0.717, 1.165) is 6.42 Å². The molecule has 3 N–H and O–H groups in total. The molecule has 18 heavy (non-hydrogen) atoms. The topological polar surface area (TPSA) is 63.8 Å². The number of rotatable bonds is 4. The van der Waals surface area contributed by atoms with Gasteiger partial charge in [-0.1, -0.05) is 6.92 Å². The average Bonchev–Trinajstić information content (AvgIpc) is 2.80. The number of anilines is 2. The lowest BCUT2D eigenvalue weighted by Crippen LogP contribution is -2.06. The van der Waals surface area contributed by atoms with Crippen LogP contribution in [0, 0.1) is 6.92 Å². The first-order valence-corrected chi connectivity index (χ1v) is 6.90. The molecule has 2 heterocycles. The van der Waals surface area contributed by atoms with E-state index in [0.29, 0.717) is 23.7 Å². The molecule has 0 atom stereocenters. The Labute approximate surface area is 115 Å². The largest absolute Gasteiger partial charge is 0.394 e. The number of thiophene rings is 1. The fourth-order valence-corrected chi connectivity index (χ4v) is 2.67. The molecule has 0 aromatic carbocycles. The molecule has 0 aliphatic rings. The molecular weight excluding hydrogens is 268 g/mol. The van der Waals surface area contributed by atoms with Gasteiger partial charge in [-0.15, -0.1) is 11.3 Å². The van der Waals surface area contributed by atoms with Crippen LogP contribution in [0.1, 0.15) is 22.4 Å². The molecule has 0 bridgehead atoms. The van der Waals surface area contributed by atoms with Crippen LogP contribution in [0.3, 0.4) is 0 Å². The molecule has 0 saturated heterocycles. The van der Waals surface area contributed by atoms with Crippen LogP contribution < -0.4 is 11.1 Å². The Balaban J connectivity index is 2.10. The summed E-state index contributed by atoms with van der Waals surface area (Å²) in [7, 11) is 0. The fraction of sp³-hybridized carbons (Fsp3) is 0.333.